The molecule has 1 aromatic rings. The number of carbonyl (C=O) groups excluding carboxylic acids is 1. The summed E-state index contributed by atoms with van der Waals surface area (Å²) in [6.07, 6.45) is 1.97. The Morgan fingerprint density at radius 1 is 1.53 bits per heavy atom. The molecular formula is C9H10Cl2N2OS. The van der Waals surface area contributed by atoms with Crippen molar-refractivity contribution < 1.29 is 4.79 Å². The lowest BCUT2D eigenvalue weighted by molar-refractivity contribution is 0.0951. The van der Waals surface area contributed by atoms with Gasteiger partial charge in [-0.2, -0.15) is 11.8 Å². The van der Waals surface area contributed by atoms with Crippen LogP contribution in [0.4, 0.5) is 0 Å². The highest BCUT2D eigenvalue weighted by atomic mass is 35.5. The van der Waals surface area contributed by atoms with Gasteiger partial charge in [-0.1, -0.05) is 23.2 Å². The minimum atomic E-state index is -0.295. The van der Waals surface area contributed by atoms with Gasteiger partial charge in [0, 0.05) is 12.3 Å². The molecule has 0 radical (unpaired) electrons. The van der Waals surface area contributed by atoms with Crippen molar-refractivity contribution >= 4 is 40.9 Å². The summed E-state index contributed by atoms with van der Waals surface area (Å²) in [5, 5.41) is 3.27. The molecule has 0 atom stereocenters. The van der Waals surface area contributed by atoms with Gasteiger partial charge in [-0.05, 0) is 18.4 Å². The number of hydrogen-bond acceptors (Lipinski definition) is 3. The lowest BCUT2D eigenvalue weighted by atomic mass is 10.3. The largest absolute Gasteiger partial charge is 0.350 e. The first-order chi connectivity index (χ1) is 7.15. The van der Waals surface area contributed by atoms with Crippen LogP contribution < -0.4 is 5.32 Å². The molecule has 1 N–H and O–H groups in total. The molecule has 0 aliphatic carbocycles. The Labute approximate surface area is 103 Å². The Morgan fingerprint density at radius 2 is 2.27 bits per heavy atom. The Hall–Kier alpha value is -0.450. The molecule has 0 aromatic carbocycles. The summed E-state index contributed by atoms with van der Waals surface area (Å²) in [6, 6.07) is 3.10. The molecule has 1 aromatic heterocycles. The fraction of sp³-hybridized carbons (Fsp3) is 0.333. The second kappa shape index (κ2) is 6.20. The Kier molecular flexibility index (Phi) is 5.22. The topological polar surface area (TPSA) is 42.0 Å². The molecule has 0 unspecified atom stereocenters. The first-order valence-corrected chi connectivity index (χ1v) is 6.39. The van der Waals surface area contributed by atoms with E-state index in [2.05, 4.69) is 10.3 Å². The van der Waals surface area contributed by atoms with Gasteiger partial charge in [0.1, 0.15) is 10.8 Å². The summed E-state index contributed by atoms with van der Waals surface area (Å²) in [4.78, 5) is 15.4. The van der Waals surface area contributed by atoms with Gasteiger partial charge >= 0.3 is 0 Å². The SMILES string of the molecule is CSCCNC(=O)c1nc(Cl)ccc1Cl. The molecule has 0 aliphatic rings. The van der Waals surface area contributed by atoms with Crippen molar-refractivity contribution in [3.05, 3.63) is 28.0 Å². The maximum atomic E-state index is 11.6. The average Bonchev–Trinajstić information content (AvgIpc) is 2.22. The maximum absolute atomic E-state index is 11.6. The number of nitrogens with zero attached hydrogens (tertiary/aromatic N) is 1. The van der Waals surface area contributed by atoms with E-state index in [1.807, 2.05) is 6.26 Å². The predicted molar refractivity (Wildman–Crippen MR) is 65.0 cm³/mol. The number of amides is 1. The Morgan fingerprint density at radius 3 is 2.93 bits per heavy atom. The van der Waals surface area contributed by atoms with Crippen LogP contribution in [0.15, 0.2) is 12.1 Å². The Balaban J connectivity index is 2.68. The normalized spacial score (nSPS) is 10.1. The summed E-state index contributed by atoms with van der Waals surface area (Å²) < 4.78 is 0. The van der Waals surface area contributed by atoms with Gasteiger partial charge in [0.15, 0.2) is 0 Å². The van der Waals surface area contributed by atoms with E-state index in [4.69, 9.17) is 23.2 Å². The number of pyridine rings is 1. The molecule has 0 spiro atoms. The third-order valence-corrected chi connectivity index (χ3v) is 2.75. The third-order valence-electron chi connectivity index (χ3n) is 1.62. The van der Waals surface area contributed by atoms with Crippen LogP contribution in [0.2, 0.25) is 10.2 Å². The highest BCUT2D eigenvalue weighted by molar-refractivity contribution is 7.98. The quantitative estimate of drug-likeness (QED) is 0.671. The fourth-order valence-electron chi connectivity index (χ4n) is 0.928. The number of nitrogens with one attached hydrogen (secondary N) is 1. The molecule has 82 valence electrons. The Bertz CT molecular complexity index is 360. The zero-order chi connectivity index (χ0) is 11.3. The van der Waals surface area contributed by atoms with Crippen molar-refractivity contribution in [2.75, 3.05) is 18.6 Å². The first kappa shape index (κ1) is 12.6. The maximum Gasteiger partial charge on any atom is 0.271 e. The van der Waals surface area contributed by atoms with E-state index in [-0.39, 0.29) is 16.8 Å². The molecule has 3 nitrogen and oxygen atoms in total. The molecule has 0 bridgehead atoms. The van der Waals surface area contributed by atoms with Crippen LogP contribution in [0.3, 0.4) is 0 Å². The molecule has 1 rings (SSSR count). The van der Waals surface area contributed by atoms with Crippen LogP contribution in [0.5, 0.6) is 0 Å². The average molecular weight is 265 g/mol. The number of thioether (sulfide) groups is 1. The molecule has 15 heavy (non-hydrogen) atoms. The summed E-state index contributed by atoms with van der Waals surface area (Å²) >= 11 is 13.1. The van der Waals surface area contributed by atoms with Crippen molar-refractivity contribution in [1.82, 2.24) is 10.3 Å². The van der Waals surface area contributed by atoms with E-state index in [0.717, 1.165) is 5.75 Å². The number of carbonyl (C=O) groups is 1. The molecule has 1 amide bonds. The van der Waals surface area contributed by atoms with Crippen LogP contribution in [0.1, 0.15) is 10.5 Å². The second-order valence-electron chi connectivity index (χ2n) is 2.71. The number of rotatable bonds is 4. The van der Waals surface area contributed by atoms with E-state index in [1.165, 1.54) is 0 Å². The standard InChI is InChI=1S/C9H10Cl2N2OS/c1-15-5-4-12-9(14)8-6(10)2-3-7(11)13-8/h2-3H,4-5H2,1H3,(H,12,14). The third kappa shape index (κ3) is 3.89. The molecule has 1 heterocycles. The number of hydrogen-bond donors (Lipinski definition) is 1. The highest BCUT2D eigenvalue weighted by Gasteiger charge is 2.11. The van der Waals surface area contributed by atoms with Crippen LogP contribution in [-0.2, 0) is 0 Å². The monoisotopic (exact) mass is 264 g/mol. The molecule has 0 fully saturated rings. The van der Waals surface area contributed by atoms with Crippen molar-refractivity contribution in [2.24, 2.45) is 0 Å². The minimum Gasteiger partial charge on any atom is -0.350 e. The fourth-order valence-corrected chi connectivity index (χ4v) is 1.57. The van der Waals surface area contributed by atoms with E-state index in [9.17, 15) is 4.79 Å². The molecule has 0 saturated carbocycles. The summed E-state index contributed by atoms with van der Waals surface area (Å²) in [5.74, 6) is 0.556. The summed E-state index contributed by atoms with van der Waals surface area (Å²) in [5.41, 5.74) is 0.172. The van der Waals surface area contributed by atoms with Gasteiger partial charge in [-0.15, -0.1) is 0 Å². The van der Waals surface area contributed by atoms with E-state index < -0.39 is 0 Å². The van der Waals surface area contributed by atoms with Gasteiger partial charge in [-0.3, -0.25) is 4.79 Å². The number of halogens is 2. The minimum absolute atomic E-state index is 0.172. The van der Waals surface area contributed by atoms with E-state index in [1.54, 1.807) is 23.9 Å². The molecular weight excluding hydrogens is 255 g/mol. The van der Waals surface area contributed by atoms with Gasteiger partial charge in [-0.25, -0.2) is 4.98 Å². The van der Waals surface area contributed by atoms with Crippen LogP contribution >= 0.6 is 35.0 Å². The van der Waals surface area contributed by atoms with E-state index in [0.29, 0.717) is 11.6 Å². The van der Waals surface area contributed by atoms with Crippen molar-refractivity contribution in [2.45, 2.75) is 0 Å². The van der Waals surface area contributed by atoms with Crippen LogP contribution in [0.25, 0.3) is 0 Å². The highest BCUT2D eigenvalue weighted by Crippen LogP contribution is 2.16. The molecule has 6 heteroatoms. The van der Waals surface area contributed by atoms with Crippen molar-refractivity contribution in [3.63, 3.8) is 0 Å². The van der Waals surface area contributed by atoms with Crippen LogP contribution in [0, 0.1) is 0 Å². The smallest absolute Gasteiger partial charge is 0.271 e. The predicted octanol–water partition coefficient (Wildman–Crippen LogP) is 2.48. The molecule has 0 saturated heterocycles. The van der Waals surface area contributed by atoms with Crippen LogP contribution in [-0.4, -0.2) is 29.4 Å². The summed E-state index contributed by atoms with van der Waals surface area (Å²) in [7, 11) is 0. The zero-order valence-corrected chi connectivity index (χ0v) is 10.4. The van der Waals surface area contributed by atoms with Gasteiger partial charge in [0.2, 0.25) is 0 Å². The van der Waals surface area contributed by atoms with Crippen molar-refractivity contribution in [1.29, 1.82) is 0 Å². The van der Waals surface area contributed by atoms with Gasteiger partial charge < -0.3 is 5.32 Å². The zero-order valence-electron chi connectivity index (χ0n) is 8.09. The lowest BCUT2D eigenvalue weighted by Crippen LogP contribution is -2.26. The number of aromatic nitrogens is 1. The lowest BCUT2D eigenvalue weighted by Gasteiger charge is -2.05. The first-order valence-electron chi connectivity index (χ1n) is 4.24. The second-order valence-corrected chi connectivity index (χ2v) is 4.49. The van der Waals surface area contributed by atoms with Crippen molar-refractivity contribution in [3.8, 4) is 0 Å². The summed E-state index contributed by atoms with van der Waals surface area (Å²) in [6.45, 7) is 0.588. The molecule has 0 aliphatic heterocycles. The van der Waals surface area contributed by atoms with Gasteiger partial charge in [0.05, 0.1) is 5.02 Å². The van der Waals surface area contributed by atoms with Gasteiger partial charge in [0.25, 0.3) is 5.91 Å². The van der Waals surface area contributed by atoms with E-state index >= 15 is 0 Å².